The van der Waals surface area contributed by atoms with Crippen LogP contribution in [0.1, 0.15) is 0 Å². The molecule has 0 saturated carbocycles. The topological polar surface area (TPSA) is 57.5 Å². The molecule has 0 radical (unpaired) electrons. The summed E-state index contributed by atoms with van der Waals surface area (Å²) < 4.78 is 9.60. The molecule has 0 fully saturated rings. The van der Waals surface area contributed by atoms with Crippen molar-refractivity contribution in [1.29, 1.82) is 0 Å². The Bertz CT molecular complexity index is 46.2. The summed E-state index contributed by atoms with van der Waals surface area (Å²) in [6.07, 6.45) is 0. The molecule has 40 valence electrons. The van der Waals surface area contributed by atoms with Gasteiger partial charge in [-0.3, -0.25) is 4.57 Å². The number of hydrogen-bond acceptors (Lipinski definition) is 1. The zero-order valence-electron chi connectivity index (χ0n) is 3.89. The summed E-state index contributed by atoms with van der Waals surface area (Å²) in [5.74, 6) is 0. The van der Waals surface area contributed by atoms with Gasteiger partial charge in [-0.25, -0.2) is 0 Å². The third kappa shape index (κ3) is 106. The van der Waals surface area contributed by atoms with Crippen LogP contribution in [0.15, 0.2) is 0 Å². The minimum absolute atomic E-state index is 0.861. The predicted molar refractivity (Wildman–Crippen MR) is 29.9 cm³/mol. The average Bonchev–Trinajstić information content (AvgIpc) is 1.33. The molecule has 0 bridgehead atoms. The molecule has 0 aliphatic rings. The van der Waals surface area contributed by atoms with Crippen molar-refractivity contribution in [3.05, 3.63) is 0 Å². The molecule has 0 aromatic carbocycles. The molecular weight excluding hydrogens is 149 g/mol. The third-order valence-corrected chi connectivity index (χ3v) is 0. The summed E-state index contributed by atoms with van der Waals surface area (Å²) in [5, 5.41) is 0. The fourth-order valence-corrected chi connectivity index (χ4v) is 0. The van der Waals surface area contributed by atoms with Crippen LogP contribution in [0.25, 0.3) is 0 Å². The molecule has 0 amide bonds. The Balaban J connectivity index is 0. The average molecular weight is 154 g/mol. The predicted octanol–water partition coefficient (Wildman–Crippen LogP) is -0.288. The van der Waals surface area contributed by atoms with Gasteiger partial charge in [0.2, 0.25) is 0 Å². The summed E-state index contributed by atoms with van der Waals surface area (Å²) in [6.45, 7) is 0. The van der Waals surface area contributed by atoms with Crippen LogP contribution in [0.3, 0.4) is 0 Å². The maximum atomic E-state index is 8.74. The van der Waals surface area contributed by atoms with Crippen molar-refractivity contribution in [2.24, 2.45) is 0 Å². The van der Waals surface area contributed by atoms with Crippen LogP contribution in [0.5, 0.6) is 0 Å². The minimum atomic E-state index is -3.13. The molecule has 0 aromatic rings. The SMILES string of the molecule is O=[PH](O)O.[Na][CH2]Cl. The monoisotopic (exact) mass is 154 g/mol. The van der Waals surface area contributed by atoms with E-state index in [4.69, 9.17) is 26.0 Å². The van der Waals surface area contributed by atoms with Crippen LogP contribution in [0, 0.1) is 0 Å². The zero-order valence-corrected chi connectivity index (χ0v) is 7.64. The molecule has 0 heterocycles. The van der Waals surface area contributed by atoms with Crippen LogP contribution in [-0.2, 0) is 4.57 Å². The van der Waals surface area contributed by atoms with Gasteiger partial charge in [-0.2, -0.15) is 0 Å². The van der Waals surface area contributed by atoms with Crippen molar-refractivity contribution < 1.29 is 14.4 Å². The van der Waals surface area contributed by atoms with Gasteiger partial charge in [-0.15, -0.1) is 0 Å². The third-order valence-electron chi connectivity index (χ3n) is 0. The fourth-order valence-electron chi connectivity index (χ4n) is 0. The Morgan fingerprint density at radius 1 is 1.71 bits per heavy atom. The van der Waals surface area contributed by atoms with Crippen molar-refractivity contribution in [2.75, 3.05) is 3.13 Å². The Kier molecular flexibility index (Phi) is 16.8. The Labute approximate surface area is 65.0 Å². The van der Waals surface area contributed by atoms with Gasteiger partial charge >= 0.3 is 50.9 Å². The molecule has 0 saturated heterocycles. The van der Waals surface area contributed by atoms with Crippen molar-refractivity contribution >= 4 is 47.8 Å². The van der Waals surface area contributed by atoms with E-state index in [1.165, 1.54) is 0 Å². The summed E-state index contributed by atoms with van der Waals surface area (Å²) in [4.78, 5) is 14.3. The molecule has 0 rings (SSSR count). The molecule has 0 unspecified atom stereocenters. The van der Waals surface area contributed by atoms with Gasteiger partial charge in [-0.1, -0.05) is 0 Å². The van der Waals surface area contributed by atoms with Crippen LogP contribution in [0.4, 0.5) is 0 Å². The number of hydrogen-bond donors (Lipinski definition) is 2. The van der Waals surface area contributed by atoms with Gasteiger partial charge in [0.25, 0.3) is 0 Å². The molecule has 0 spiro atoms. The zero-order chi connectivity index (χ0) is 6.28. The van der Waals surface area contributed by atoms with E-state index in [-0.39, 0.29) is 0 Å². The van der Waals surface area contributed by atoms with Gasteiger partial charge in [-0.05, 0) is 0 Å². The Morgan fingerprint density at radius 2 is 1.71 bits per heavy atom. The van der Waals surface area contributed by atoms with Crippen molar-refractivity contribution in [2.45, 2.75) is 0 Å². The standard InChI is InChI=1S/CH2Cl.Na.H3O3P/c1-2;;1-4(2)3/h1H2;;4H,(H2,1,2,3). The molecule has 0 aliphatic carbocycles. The molecule has 0 aliphatic heterocycles. The molecule has 2 N–H and O–H groups in total. The summed E-state index contributed by atoms with van der Waals surface area (Å²) in [7, 11) is -3.13. The van der Waals surface area contributed by atoms with E-state index in [1.807, 2.05) is 0 Å². The van der Waals surface area contributed by atoms with Crippen LogP contribution in [0.2, 0.25) is 0 Å². The first-order chi connectivity index (χ1) is 3.15. The molecule has 6 heteroatoms. The number of rotatable bonds is 0. The first-order valence-electron chi connectivity index (χ1n) is 1.63. The first-order valence-corrected chi connectivity index (χ1v) is 4.88. The molecule has 7 heavy (non-hydrogen) atoms. The van der Waals surface area contributed by atoms with Gasteiger partial charge in [0, 0.05) is 0 Å². The van der Waals surface area contributed by atoms with E-state index in [9.17, 15) is 0 Å². The summed E-state index contributed by atoms with van der Waals surface area (Å²) >= 11 is 6.19. The van der Waals surface area contributed by atoms with E-state index in [0.29, 0.717) is 0 Å². The number of alkyl halides is 1. The Hall–Kier alpha value is 1.44. The van der Waals surface area contributed by atoms with Gasteiger partial charge in [0.1, 0.15) is 0 Å². The summed E-state index contributed by atoms with van der Waals surface area (Å²) in [6, 6.07) is 0. The second-order valence-corrected chi connectivity index (χ2v) is 3.25. The molecule has 3 nitrogen and oxygen atoms in total. The van der Waals surface area contributed by atoms with Gasteiger partial charge < -0.3 is 9.79 Å². The molecular formula is CH5ClNaO3P. The normalized spacial score (nSPS) is 7.71. The van der Waals surface area contributed by atoms with Crippen molar-refractivity contribution in [1.82, 2.24) is 0 Å². The van der Waals surface area contributed by atoms with Crippen LogP contribution in [-0.4, -0.2) is 40.8 Å². The number of halogens is 1. The quantitative estimate of drug-likeness (QED) is 0.286. The van der Waals surface area contributed by atoms with Crippen molar-refractivity contribution in [3.8, 4) is 0 Å². The van der Waals surface area contributed by atoms with Crippen molar-refractivity contribution in [3.63, 3.8) is 0 Å². The van der Waals surface area contributed by atoms with Crippen LogP contribution < -0.4 is 0 Å². The van der Waals surface area contributed by atoms with E-state index in [0.717, 1.165) is 31.1 Å². The van der Waals surface area contributed by atoms with Gasteiger partial charge in [0.05, 0.1) is 0 Å². The van der Waals surface area contributed by atoms with E-state index >= 15 is 0 Å². The summed E-state index contributed by atoms with van der Waals surface area (Å²) in [5.41, 5.74) is 0. The van der Waals surface area contributed by atoms with Gasteiger partial charge in [0.15, 0.2) is 0 Å². The van der Waals surface area contributed by atoms with E-state index in [1.54, 1.807) is 0 Å². The van der Waals surface area contributed by atoms with E-state index < -0.39 is 8.25 Å². The maximum absolute atomic E-state index is 8.74. The second kappa shape index (κ2) is 10.4. The molecule has 0 aromatic heterocycles. The molecule has 0 atom stereocenters. The fraction of sp³-hybridized carbons (Fsp3) is 1.00. The second-order valence-electron chi connectivity index (χ2n) is 0.550. The van der Waals surface area contributed by atoms with Crippen LogP contribution >= 0.6 is 19.9 Å². The van der Waals surface area contributed by atoms with E-state index in [2.05, 4.69) is 0 Å². The Morgan fingerprint density at radius 3 is 1.71 bits per heavy atom. The first kappa shape index (κ1) is 11.3.